The molecule has 5 rings (SSSR count). The van der Waals surface area contributed by atoms with Gasteiger partial charge in [0.25, 0.3) is 0 Å². The Morgan fingerprint density at radius 1 is 0.867 bits per heavy atom. The van der Waals surface area contributed by atoms with Crippen molar-refractivity contribution in [2.24, 2.45) is 0 Å². The molecular weight excluding hydrogens is 394 g/mol. The van der Waals surface area contributed by atoms with Crippen LogP contribution in [0.3, 0.4) is 0 Å². The third-order valence-corrected chi connectivity index (χ3v) is 6.47. The minimum atomic E-state index is 0.715. The molecule has 0 amide bonds. The molecule has 2 aromatic heterocycles. The van der Waals surface area contributed by atoms with Gasteiger partial charge in [-0.05, 0) is 63.0 Å². The highest BCUT2D eigenvalue weighted by Crippen LogP contribution is 2.29. The van der Waals surface area contributed by atoms with Gasteiger partial charge in [-0.1, -0.05) is 23.7 Å². The predicted molar refractivity (Wildman–Crippen MR) is 122 cm³/mol. The van der Waals surface area contributed by atoms with E-state index >= 15 is 0 Å². The summed E-state index contributed by atoms with van der Waals surface area (Å²) in [6, 6.07) is 14.6. The first-order valence-electron chi connectivity index (χ1n) is 10.8. The molecule has 0 spiro atoms. The van der Waals surface area contributed by atoms with Gasteiger partial charge in [-0.3, -0.25) is 4.98 Å². The van der Waals surface area contributed by atoms with Crippen molar-refractivity contribution in [3.63, 3.8) is 0 Å². The van der Waals surface area contributed by atoms with E-state index in [4.69, 9.17) is 21.6 Å². The van der Waals surface area contributed by atoms with Gasteiger partial charge in [-0.25, -0.2) is 9.97 Å². The third kappa shape index (κ3) is 4.18. The molecule has 0 N–H and O–H groups in total. The molecule has 2 aliphatic heterocycles. The molecule has 0 aliphatic carbocycles. The van der Waals surface area contributed by atoms with Gasteiger partial charge in [0, 0.05) is 53.7 Å². The van der Waals surface area contributed by atoms with Crippen LogP contribution in [0, 0.1) is 0 Å². The Balaban J connectivity index is 1.45. The van der Waals surface area contributed by atoms with Crippen molar-refractivity contribution in [2.75, 3.05) is 31.1 Å². The number of hydrogen-bond acceptors (Lipinski definition) is 5. The van der Waals surface area contributed by atoms with Crippen molar-refractivity contribution < 1.29 is 0 Å². The average Bonchev–Trinajstić information content (AvgIpc) is 3.35. The van der Waals surface area contributed by atoms with E-state index in [2.05, 4.69) is 20.9 Å². The second-order valence-electron chi connectivity index (χ2n) is 8.14. The lowest BCUT2D eigenvalue weighted by Crippen LogP contribution is -2.44. The highest BCUT2D eigenvalue weighted by Gasteiger charge is 2.27. The largest absolute Gasteiger partial charge is 0.356 e. The van der Waals surface area contributed by atoms with Crippen molar-refractivity contribution in [3.05, 3.63) is 59.9 Å². The van der Waals surface area contributed by atoms with Gasteiger partial charge in [-0.2, -0.15) is 0 Å². The molecule has 2 fully saturated rings. The number of hydrogen-bond donors (Lipinski definition) is 0. The molecule has 1 aromatic carbocycles. The Morgan fingerprint density at radius 2 is 1.63 bits per heavy atom. The van der Waals surface area contributed by atoms with Crippen LogP contribution in [0.1, 0.15) is 25.7 Å². The molecule has 0 radical (unpaired) electrons. The number of pyridine rings is 1. The topological polar surface area (TPSA) is 45.2 Å². The summed E-state index contributed by atoms with van der Waals surface area (Å²) < 4.78 is 0. The first-order chi connectivity index (χ1) is 14.8. The number of nitrogens with zero attached hydrogens (tertiary/aromatic N) is 5. The number of benzene rings is 1. The standard InChI is InChI=1S/C24H26ClN5/c25-20-7-5-18(6-8-20)22-16-23(28-24(27-22)19-4-3-11-26-17-19)30-14-9-21(10-15-30)29-12-1-2-13-29/h3-8,11,16-17,21H,1-2,9-10,12-15H2. The van der Waals surface area contributed by atoms with Crippen LogP contribution < -0.4 is 4.90 Å². The summed E-state index contributed by atoms with van der Waals surface area (Å²) in [5.74, 6) is 1.71. The quantitative estimate of drug-likeness (QED) is 0.600. The van der Waals surface area contributed by atoms with Gasteiger partial charge in [0.1, 0.15) is 5.82 Å². The van der Waals surface area contributed by atoms with Crippen LogP contribution in [0.25, 0.3) is 22.6 Å². The van der Waals surface area contributed by atoms with Crippen LogP contribution in [0.2, 0.25) is 5.02 Å². The van der Waals surface area contributed by atoms with Crippen molar-refractivity contribution in [3.8, 4) is 22.6 Å². The lowest BCUT2D eigenvalue weighted by molar-refractivity contribution is 0.207. The summed E-state index contributed by atoms with van der Waals surface area (Å²) in [5.41, 5.74) is 2.89. The Kier molecular flexibility index (Phi) is 5.65. The lowest BCUT2D eigenvalue weighted by Gasteiger charge is -2.37. The van der Waals surface area contributed by atoms with Crippen LogP contribution in [0.5, 0.6) is 0 Å². The first kappa shape index (κ1) is 19.5. The summed E-state index contributed by atoms with van der Waals surface area (Å²) in [7, 11) is 0. The van der Waals surface area contributed by atoms with E-state index in [1.807, 2.05) is 42.6 Å². The Hall–Kier alpha value is -2.50. The van der Waals surface area contributed by atoms with Gasteiger partial charge in [-0.15, -0.1) is 0 Å². The van der Waals surface area contributed by atoms with Crippen LogP contribution in [-0.4, -0.2) is 52.1 Å². The van der Waals surface area contributed by atoms with E-state index in [0.29, 0.717) is 5.82 Å². The first-order valence-corrected chi connectivity index (χ1v) is 11.2. The monoisotopic (exact) mass is 419 g/mol. The summed E-state index contributed by atoms with van der Waals surface area (Å²) >= 11 is 6.09. The maximum absolute atomic E-state index is 6.09. The van der Waals surface area contributed by atoms with Gasteiger partial charge in [0.2, 0.25) is 0 Å². The molecule has 0 bridgehead atoms. The molecule has 6 heteroatoms. The summed E-state index contributed by atoms with van der Waals surface area (Å²) in [6.07, 6.45) is 8.70. The van der Waals surface area contributed by atoms with Gasteiger partial charge >= 0.3 is 0 Å². The molecule has 0 unspecified atom stereocenters. The second kappa shape index (κ2) is 8.70. The third-order valence-electron chi connectivity index (χ3n) is 6.22. The van der Waals surface area contributed by atoms with Crippen LogP contribution in [-0.2, 0) is 0 Å². The fraction of sp³-hybridized carbons (Fsp3) is 0.375. The zero-order valence-corrected chi connectivity index (χ0v) is 17.8. The number of rotatable bonds is 4. The second-order valence-corrected chi connectivity index (χ2v) is 8.58. The maximum atomic E-state index is 6.09. The lowest BCUT2D eigenvalue weighted by atomic mass is 10.0. The Bertz CT molecular complexity index is 978. The van der Waals surface area contributed by atoms with E-state index in [9.17, 15) is 0 Å². The van der Waals surface area contributed by atoms with E-state index < -0.39 is 0 Å². The molecule has 3 aromatic rings. The fourth-order valence-corrected chi connectivity index (χ4v) is 4.68. The molecule has 2 saturated heterocycles. The predicted octanol–water partition coefficient (Wildman–Crippen LogP) is 4.92. The van der Waals surface area contributed by atoms with Crippen LogP contribution >= 0.6 is 11.6 Å². The smallest absolute Gasteiger partial charge is 0.163 e. The summed E-state index contributed by atoms with van der Waals surface area (Å²) in [5, 5.41) is 0.726. The van der Waals surface area contributed by atoms with E-state index in [-0.39, 0.29) is 0 Å². The fourth-order valence-electron chi connectivity index (χ4n) is 4.56. The Labute approximate surface area is 182 Å². The number of halogens is 1. The molecule has 4 heterocycles. The molecule has 0 saturated carbocycles. The minimum Gasteiger partial charge on any atom is -0.356 e. The number of aromatic nitrogens is 3. The average molecular weight is 420 g/mol. The molecule has 154 valence electrons. The van der Waals surface area contributed by atoms with Crippen molar-refractivity contribution in [2.45, 2.75) is 31.7 Å². The van der Waals surface area contributed by atoms with Gasteiger partial charge in [0.15, 0.2) is 5.82 Å². The van der Waals surface area contributed by atoms with Crippen LogP contribution in [0.15, 0.2) is 54.9 Å². The van der Waals surface area contributed by atoms with Crippen molar-refractivity contribution in [1.82, 2.24) is 19.9 Å². The van der Waals surface area contributed by atoms with E-state index in [1.54, 1.807) is 6.20 Å². The molecule has 5 nitrogen and oxygen atoms in total. The highest BCUT2D eigenvalue weighted by atomic mass is 35.5. The molecule has 30 heavy (non-hydrogen) atoms. The van der Waals surface area contributed by atoms with E-state index in [1.165, 1.54) is 38.8 Å². The summed E-state index contributed by atoms with van der Waals surface area (Å²) in [6.45, 7) is 4.60. The van der Waals surface area contributed by atoms with Gasteiger partial charge in [0.05, 0.1) is 5.69 Å². The Morgan fingerprint density at radius 3 is 2.33 bits per heavy atom. The number of likely N-dealkylation sites (tertiary alicyclic amines) is 1. The minimum absolute atomic E-state index is 0.715. The van der Waals surface area contributed by atoms with Crippen molar-refractivity contribution in [1.29, 1.82) is 0 Å². The molecular formula is C24H26ClN5. The highest BCUT2D eigenvalue weighted by molar-refractivity contribution is 6.30. The summed E-state index contributed by atoms with van der Waals surface area (Å²) in [4.78, 5) is 19.1. The number of anilines is 1. The number of piperidine rings is 1. The zero-order chi connectivity index (χ0) is 20.3. The molecule has 0 atom stereocenters. The normalized spacial score (nSPS) is 18.1. The van der Waals surface area contributed by atoms with E-state index in [0.717, 1.165) is 46.8 Å². The zero-order valence-electron chi connectivity index (χ0n) is 17.0. The van der Waals surface area contributed by atoms with Crippen LogP contribution in [0.4, 0.5) is 5.82 Å². The SMILES string of the molecule is Clc1ccc(-c2cc(N3CCC(N4CCCC4)CC3)nc(-c3cccnc3)n2)cc1. The van der Waals surface area contributed by atoms with Crippen molar-refractivity contribution >= 4 is 17.4 Å². The van der Waals surface area contributed by atoms with Gasteiger partial charge < -0.3 is 9.80 Å². The molecule has 2 aliphatic rings. The maximum Gasteiger partial charge on any atom is 0.163 e.